The molecule has 2 heterocycles. The fourth-order valence-corrected chi connectivity index (χ4v) is 4.84. The van der Waals surface area contributed by atoms with Gasteiger partial charge in [0.05, 0.1) is 12.2 Å². The number of carbonyl (C=O) groups is 1. The average molecular weight is 404 g/mol. The SMILES string of the molecule is CCOC(=O)c1c(NC(=S)Nc2cccc(C)n2)sc2c1CCCCCC2. The van der Waals surface area contributed by atoms with Crippen molar-refractivity contribution in [3.05, 3.63) is 39.9 Å². The lowest BCUT2D eigenvalue weighted by Gasteiger charge is -2.12. The Balaban J connectivity index is 1.85. The van der Waals surface area contributed by atoms with Gasteiger partial charge in [0.25, 0.3) is 0 Å². The summed E-state index contributed by atoms with van der Waals surface area (Å²) in [6.07, 6.45) is 6.64. The van der Waals surface area contributed by atoms with Crippen molar-refractivity contribution in [2.45, 2.75) is 52.4 Å². The highest BCUT2D eigenvalue weighted by Crippen LogP contribution is 2.37. The van der Waals surface area contributed by atoms with Crippen LogP contribution in [0.5, 0.6) is 0 Å². The summed E-state index contributed by atoms with van der Waals surface area (Å²) >= 11 is 7.08. The molecule has 0 amide bonds. The first kappa shape index (κ1) is 19.8. The van der Waals surface area contributed by atoms with E-state index in [-0.39, 0.29) is 5.97 Å². The van der Waals surface area contributed by atoms with Crippen molar-refractivity contribution in [3.8, 4) is 0 Å². The number of hydrogen-bond donors (Lipinski definition) is 2. The first-order valence-corrected chi connectivity index (χ1v) is 10.6. The molecule has 0 atom stereocenters. The molecular weight excluding hydrogens is 378 g/mol. The average Bonchev–Trinajstić information content (AvgIpc) is 2.91. The molecule has 0 spiro atoms. The van der Waals surface area contributed by atoms with Gasteiger partial charge >= 0.3 is 5.97 Å². The van der Waals surface area contributed by atoms with Gasteiger partial charge in [-0.25, -0.2) is 9.78 Å². The molecule has 0 aromatic carbocycles. The van der Waals surface area contributed by atoms with Gasteiger partial charge in [0.2, 0.25) is 0 Å². The maximum Gasteiger partial charge on any atom is 0.341 e. The Morgan fingerprint density at radius 1 is 1.22 bits per heavy atom. The molecule has 27 heavy (non-hydrogen) atoms. The van der Waals surface area contributed by atoms with Crippen LogP contribution in [-0.4, -0.2) is 22.7 Å². The van der Waals surface area contributed by atoms with E-state index in [9.17, 15) is 4.79 Å². The fraction of sp³-hybridized carbons (Fsp3) is 0.450. The summed E-state index contributed by atoms with van der Waals surface area (Å²) in [5.74, 6) is 0.412. The number of anilines is 2. The highest BCUT2D eigenvalue weighted by molar-refractivity contribution is 7.80. The van der Waals surface area contributed by atoms with Crippen LogP contribution in [0.4, 0.5) is 10.8 Å². The van der Waals surface area contributed by atoms with E-state index in [0.717, 1.165) is 41.9 Å². The minimum atomic E-state index is -0.269. The molecule has 0 unspecified atom stereocenters. The number of thiocarbonyl (C=S) groups is 1. The number of nitrogens with zero attached hydrogens (tertiary/aromatic N) is 1. The molecule has 3 rings (SSSR count). The van der Waals surface area contributed by atoms with Gasteiger partial charge in [0.1, 0.15) is 10.8 Å². The molecule has 144 valence electrons. The minimum absolute atomic E-state index is 0.269. The Labute approximate surface area is 169 Å². The van der Waals surface area contributed by atoms with Crippen molar-refractivity contribution in [3.63, 3.8) is 0 Å². The topological polar surface area (TPSA) is 63.2 Å². The third-order valence-electron chi connectivity index (χ3n) is 4.51. The number of esters is 1. The lowest BCUT2D eigenvalue weighted by Crippen LogP contribution is -2.21. The number of nitrogens with one attached hydrogen (secondary N) is 2. The second kappa shape index (κ2) is 9.28. The quantitative estimate of drug-likeness (QED) is 0.547. The van der Waals surface area contributed by atoms with Gasteiger partial charge in [-0.05, 0) is 69.4 Å². The molecule has 0 saturated carbocycles. The van der Waals surface area contributed by atoms with Crippen LogP contribution in [0.15, 0.2) is 18.2 Å². The van der Waals surface area contributed by atoms with Crippen molar-refractivity contribution in [1.29, 1.82) is 0 Å². The zero-order valence-corrected chi connectivity index (χ0v) is 17.4. The van der Waals surface area contributed by atoms with Crippen LogP contribution in [0.1, 0.15) is 59.1 Å². The Morgan fingerprint density at radius 2 is 2.00 bits per heavy atom. The lowest BCUT2D eigenvalue weighted by atomic mass is 9.96. The van der Waals surface area contributed by atoms with E-state index in [1.807, 2.05) is 32.0 Å². The zero-order valence-electron chi connectivity index (χ0n) is 15.8. The first-order valence-electron chi connectivity index (χ1n) is 9.41. The minimum Gasteiger partial charge on any atom is -0.462 e. The van der Waals surface area contributed by atoms with Gasteiger partial charge in [-0.15, -0.1) is 11.3 Å². The lowest BCUT2D eigenvalue weighted by molar-refractivity contribution is 0.0526. The smallest absolute Gasteiger partial charge is 0.341 e. The van der Waals surface area contributed by atoms with Crippen LogP contribution in [0.3, 0.4) is 0 Å². The summed E-state index contributed by atoms with van der Waals surface area (Å²) in [5.41, 5.74) is 2.70. The van der Waals surface area contributed by atoms with E-state index in [1.165, 1.54) is 17.7 Å². The van der Waals surface area contributed by atoms with Crippen LogP contribution in [0.25, 0.3) is 0 Å². The van der Waals surface area contributed by atoms with E-state index in [4.69, 9.17) is 17.0 Å². The third-order valence-corrected chi connectivity index (χ3v) is 5.92. The van der Waals surface area contributed by atoms with Gasteiger partial charge in [-0.3, -0.25) is 0 Å². The predicted molar refractivity (Wildman–Crippen MR) is 115 cm³/mol. The summed E-state index contributed by atoms with van der Waals surface area (Å²) < 4.78 is 5.33. The van der Waals surface area contributed by atoms with E-state index < -0.39 is 0 Å². The molecule has 0 aliphatic heterocycles. The van der Waals surface area contributed by atoms with Crippen LogP contribution in [0, 0.1) is 6.92 Å². The number of thiophene rings is 1. The third kappa shape index (κ3) is 5.05. The highest BCUT2D eigenvalue weighted by atomic mass is 32.1. The van der Waals surface area contributed by atoms with E-state index in [2.05, 4.69) is 15.6 Å². The standard InChI is InChI=1S/C20H25N3O2S2/c1-3-25-19(24)17-14-10-6-4-5-7-11-15(14)27-18(17)23-20(26)22-16-12-8-9-13(2)21-16/h8-9,12H,3-7,10-11H2,1-2H3,(H2,21,22,23,26). The number of rotatable bonds is 4. The molecule has 5 nitrogen and oxygen atoms in total. The molecule has 7 heteroatoms. The molecule has 1 aliphatic rings. The molecule has 0 saturated heterocycles. The van der Waals surface area contributed by atoms with Gasteiger partial charge in [-0.1, -0.05) is 18.9 Å². The number of aromatic nitrogens is 1. The Kier molecular flexibility index (Phi) is 6.79. The van der Waals surface area contributed by atoms with Crippen molar-refractivity contribution in [2.24, 2.45) is 0 Å². The Bertz CT molecular complexity index is 833. The van der Waals surface area contributed by atoms with Crippen LogP contribution in [0.2, 0.25) is 0 Å². The maximum absolute atomic E-state index is 12.6. The Morgan fingerprint density at radius 3 is 2.74 bits per heavy atom. The molecular formula is C20H25N3O2S2. The van der Waals surface area contributed by atoms with Crippen molar-refractivity contribution in [1.82, 2.24) is 4.98 Å². The molecule has 2 aromatic rings. The summed E-state index contributed by atoms with van der Waals surface area (Å²) in [6, 6.07) is 5.72. The summed E-state index contributed by atoms with van der Waals surface area (Å²) in [4.78, 5) is 18.3. The number of ether oxygens (including phenoxy) is 1. The van der Waals surface area contributed by atoms with Gasteiger partial charge in [0, 0.05) is 10.6 Å². The fourth-order valence-electron chi connectivity index (χ4n) is 3.29. The van der Waals surface area contributed by atoms with Crippen LogP contribution in [-0.2, 0) is 17.6 Å². The van der Waals surface area contributed by atoms with E-state index >= 15 is 0 Å². The number of aryl methyl sites for hydroxylation is 2. The van der Waals surface area contributed by atoms with Crippen LogP contribution < -0.4 is 10.6 Å². The van der Waals surface area contributed by atoms with Gasteiger partial charge < -0.3 is 15.4 Å². The first-order chi connectivity index (χ1) is 13.1. The van der Waals surface area contributed by atoms with Gasteiger partial charge in [-0.2, -0.15) is 0 Å². The van der Waals surface area contributed by atoms with E-state index in [0.29, 0.717) is 23.1 Å². The number of pyridine rings is 1. The number of fused-ring (bicyclic) bond motifs is 1. The number of carbonyl (C=O) groups excluding carboxylic acids is 1. The highest BCUT2D eigenvalue weighted by Gasteiger charge is 2.25. The molecule has 2 aromatic heterocycles. The second-order valence-corrected chi connectivity index (χ2v) is 8.10. The normalized spacial score (nSPS) is 13.9. The summed E-state index contributed by atoms with van der Waals surface area (Å²) in [6.45, 7) is 4.12. The summed E-state index contributed by atoms with van der Waals surface area (Å²) in [7, 11) is 0. The number of hydrogen-bond acceptors (Lipinski definition) is 5. The van der Waals surface area contributed by atoms with E-state index in [1.54, 1.807) is 11.3 Å². The molecule has 0 radical (unpaired) electrons. The summed E-state index contributed by atoms with van der Waals surface area (Å²) in [5, 5.41) is 7.50. The zero-order chi connectivity index (χ0) is 19.2. The van der Waals surface area contributed by atoms with Crippen LogP contribution >= 0.6 is 23.6 Å². The molecule has 0 bridgehead atoms. The largest absolute Gasteiger partial charge is 0.462 e. The maximum atomic E-state index is 12.6. The monoisotopic (exact) mass is 403 g/mol. The van der Waals surface area contributed by atoms with Crippen molar-refractivity contribution in [2.75, 3.05) is 17.2 Å². The molecule has 0 fully saturated rings. The Hall–Kier alpha value is -1.99. The molecule has 2 N–H and O–H groups in total. The predicted octanol–water partition coefficient (Wildman–Crippen LogP) is 5.10. The molecule has 1 aliphatic carbocycles. The second-order valence-electron chi connectivity index (χ2n) is 6.59. The van der Waals surface area contributed by atoms with Crippen molar-refractivity contribution >= 4 is 45.5 Å². The van der Waals surface area contributed by atoms with Crippen molar-refractivity contribution < 1.29 is 9.53 Å². The van der Waals surface area contributed by atoms with Gasteiger partial charge in [0.15, 0.2) is 5.11 Å².